The number of amides is 1. The third-order valence-electron chi connectivity index (χ3n) is 10.2. The summed E-state index contributed by atoms with van der Waals surface area (Å²) in [6, 6.07) is 0.807. The number of phenolic OH excluding ortho intramolecular Hbond substituents is 1. The third kappa shape index (κ3) is 3.72. The molecule has 0 bridgehead atoms. The van der Waals surface area contributed by atoms with Crippen LogP contribution in [0.4, 0.5) is 5.69 Å². The van der Waals surface area contributed by atoms with Crippen molar-refractivity contribution in [2.24, 2.45) is 16.6 Å². The molecular formula is C31H41N3O7. The number of rotatable bonds is 4. The van der Waals surface area contributed by atoms with Gasteiger partial charge in [-0.25, -0.2) is 0 Å². The zero-order valence-electron chi connectivity index (χ0n) is 24.7. The van der Waals surface area contributed by atoms with Crippen LogP contribution in [0.3, 0.4) is 0 Å². The Morgan fingerprint density at radius 1 is 1.02 bits per heavy atom. The summed E-state index contributed by atoms with van der Waals surface area (Å²) in [7, 11) is 6.96. The monoisotopic (exact) mass is 567 g/mol. The van der Waals surface area contributed by atoms with Crippen molar-refractivity contribution in [3.8, 4) is 5.75 Å². The highest BCUT2D eigenvalue weighted by atomic mass is 16.3. The number of nitrogens with zero attached hydrogens (tertiary/aromatic N) is 2. The van der Waals surface area contributed by atoms with Gasteiger partial charge in [-0.3, -0.25) is 19.3 Å². The van der Waals surface area contributed by atoms with Crippen LogP contribution in [0.15, 0.2) is 23.0 Å². The maximum Gasteiger partial charge on any atom is 0.255 e. The molecule has 1 aromatic carbocycles. The van der Waals surface area contributed by atoms with Crippen LogP contribution in [-0.4, -0.2) is 82.6 Å². The number of aromatic hydroxyl groups is 1. The van der Waals surface area contributed by atoms with Gasteiger partial charge in [0.05, 0.1) is 11.6 Å². The molecule has 4 atom stereocenters. The second kappa shape index (κ2) is 9.32. The highest BCUT2D eigenvalue weighted by molar-refractivity contribution is 6.25. The van der Waals surface area contributed by atoms with E-state index in [9.17, 15) is 34.8 Å². The summed E-state index contributed by atoms with van der Waals surface area (Å²) in [4.78, 5) is 43.8. The second-order valence-corrected chi connectivity index (χ2v) is 13.3. The number of benzene rings is 1. The van der Waals surface area contributed by atoms with E-state index in [2.05, 4.69) is 0 Å². The van der Waals surface area contributed by atoms with E-state index in [0.29, 0.717) is 11.1 Å². The van der Waals surface area contributed by atoms with Crippen molar-refractivity contribution in [1.29, 1.82) is 0 Å². The Labute approximate surface area is 240 Å². The van der Waals surface area contributed by atoms with E-state index in [-0.39, 0.29) is 35.6 Å². The molecule has 0 aromatic heterocycles. The van der Waals surface area contributed by atoms with Gasteiger partial charge in [-0.2, -0.15) is 0 Å². The van der Waals surface area contributed by atoms with Crippen LogP contribution >= 0.6 is 0 Å². The van der Waals surface area contributed by atoms with E-state index in [4.69, 9.17) is 5.73 Å². The van der Waals surface area contributed by atoms with Crippen LogP contribution in [0.1, 0.15) is 75.0 Å². The van der Waals surface area contributed by atoms with Crippen LogP contribution in [0, 0.1) is 10.8 Å². The predicted octanol–water partition coefficient (Wildman–Crippen LogP) is 2.86. The molecule has 10 heteroatoms. The Morgan fingerprint density at radius 3 is 2.17 bits per heavy atom. The lowest BCUT2D eigenvalue weighted by atomic mass is 9.46. The molecule has 2 saturated carbocycles. The molecule has 0 spiro atoms. The van der Waals surface area contributed by atoms with E-state index in [1.165, 1.54) is 4.90 Å². The molecule has 0 aliphatic heterocycles. The molecule has 0 heterocycles. The van der Waals surface area contributed by atoms with Gasteiger partial charge in [0.2, 0.25) is 5.78 Å². The summed E-state index contributed by atoms with van der Waals surface area (Å²) in [6.45, 7) is 3.34. The highest BCUT2D eigenvalue weighted by Gasteiger charge is 2.72. The predicted molar refractivity (Wildman–Crippen MR) is 154 cm³/mol. The van der Waals surface area contributed by atoms with Crippen molar-refractivity contribution in [2.75, 3.05) is 33.1 Å². The Hall–Kier alpha value is -3.37. The Kier molecular flexibility index (Phi) is 6.62. The largest absolute Gasteiger partial charge is 0.508 e. The van der Waals surface area contributed by atoms with Gasteiger partial charge < -0.3 is 31.1 Å². The first-order chi connectivity index (χ1) is 19.0. The minimum atomic E-state index is -2.72. The second-order valence-electron chi connectivity index (χ2n) is 13.3. The fourth-order valence-corrected chi connectivity index (χ4v) is 8.52. The van der Waals surface area contributed by atoms with Crippen molar-refractivity contribution in [2.45, 2.75) is 76.4 Å². The van der Waals surface area contributed by atoms with Crippen molar-refractivity contribution in [1.82, 2.24) is 4.90 Å². The summed E-state index contributed by atoms with van der Waals surface area (Å²) in [5.41, 5.74) is 1.44. The first-order valence-electron chi connectivity index (χ1n) is 14.2. The molecule has 4 aliphatic rings. The molecule has 2 fully saturated rings. The number of fused-ring (bicyclic) bond motifs is 3. The van der Waals surface area contributed by atoms with Crippen LogP contribution in [-0.2, 0) is 20.8 Å². The summed E-state index contributed by atoms with van der Waals surface area (Å²) >= 11 is 0. The molecule has 4 aliphatic carbocycles. The SMILES string of the molecule is CN(C)c1cc(C2CCCCC2)c(O)c2c1C[C@@]1(C)C[C@@]3(C)[C@H](N(C)C)C(=O)C(C(N)=O)=C(O)[C@@]3(O)C(=O)C1=C2O. The standard InChI is InChI=1S/C31H41N3O7/c1-29-13-17-18(33(3)4)12-16(15-10-8-7-9-11-15)22(35)19(17)23(36)21(29)27(39)31(41)26(38)20(28(32)40)24(37)25(34(5)6)30(31,2)14-29/h12,15,25,35-36,38,41H,7-11,13-14H2,1-6H3,(H2,32,40)/t25-,29+,30+,31-/m1/s1. The quantitative estimate of drug-likeness (QED) is 0.344. The zero-order chi connectivity index (χ0) is 30.4. The fourth-order valence-electron chi connectivity index (χ4n) is 8.52. The summed E-state index contributed by atoms with van der Waals surface area (Å²) < 4.78 is 0. The molecule has 1 amide bonds. The number of phenols is 1. The average Bonchev–Trinajstić information content (AvgIpc) is 2.86. The minimum absolute atomic E-state index is 0.00374. The van der Waals surface area contributed by atoms with Gasteiger partial charge in [0.1, 0.15) is 22.8 Å². The number of carbonyl (C=O) groups is 3. The number of hydrogen-bond acceptors (Lipinski definition) is 9. The highest BCUT2D eigenvalue weighted by Crippen LogP contribution is 2.64. The molecular weight excluding hydrogens is 526 g/mol. The van der Waals surface area contributed by atoms with Gasteiger partial charge in [-0.05, 0) is 62.9 Å². The first-order valence-corrected chi connectivity index (χ1v) is 14.2. The van der Waals surface area contributed by atoms with Gasteiger partial charge in [0, 0.05) is 36.2 Å². The lowest BCUT2D eigenvalue weighted by Gasteiger charge is -2.59. The van der Waals surface area contributed by atoms with Crippen molar-refractivity contribution in [3.05, 3.63) is 39.7 Å². The normalized spacial score (nSPS) is 32.1. The number of Topliss-reactive ketones (excluding diaryl/α,β-unsaturated/α-hetero) is 2. The van der Waals surface area contributed by atoms with Crippen LogP contribution in [0.5, 0.6) is 5.75 Å². The number of primary amides is 1. The molecule has 0 saturated heterocycles. The van der Waals surface area contributed by atoms with Gasteiger partial charge in [-0.1, -0.05) is 33.1 Å². The maximum atomic E-state index is 14.5. The zero-order valence-corrected chi connectivity index (χ0v) is 24.7. The molecule has 222 valence electrons. The van der Waals surface area contributed by atoms with Crippen molar-refractivity contribution < 1.29 is 34.8 Å². The van der Waals surface area contributed by atoms with Crippen molar-refractivity contribution in [3.63, 3.8) is 0 Å². The lowest BCUT2D eigenvalue weighted by molar-refractivity contribution is -0.175. The number of anilines is 1. The molecule has 0 unspecified atom stereocenters. The van der Waals surface area contributed by atoms with Gasteiger partial charge in [-0.15, -0.1) is 0 Å². The molecule has 41 heavy (non-hydrogen) atoms. The van der Waals surface area contributed by atoms with E-state index in [1.54, 1.807) is 27.9 Å². The summed E-state index contributed by atoms with van der Waals surface area (Å²) in [5.74, 6) is -4.58. The van der Waals surface area contributed by atoms with Crippen LogP contribution < -0.4 is 10.6 Å². The van der Waals surface area contributed by atoms with Crippen molar-refractivity contribution >= 4 is 28.9 Å². The number of aliphatic hydroxyl groups is 3. The number of likely N-dealkylation sites (N-methyl/N-ethyl adjacent to an activating group) is 1. The summed E-state index contributed by atoms with van der Waals surface area (Å²) in [6.07, 6.45) is 5.24. The topological polar surface area (TPSA) is 165 Å². The van der Waals surface area contributed by atoms with E-state index < -0.39 is 57.0 Å². The Morgan fingerprint density at radius 2 is 1.63 bits per heavy atom. The first kappa shape index (κ1) is 29.1. The Bertz CT molecular complexity index is 1440. The molecule has 6 N–H and O–H groups in total. The number of aliphatic hydroxyl groups excluding tert-OH is 2. The number of hydrogen-bond donors (Lipinski definition) is 5. The molecule has 1 aromatic rings. The van der Waals surface area contributed by atoms with Crippen LogP contribution in [0.2, 0.25) is 0 Å². The average molecular weight is 568 g/mol. The van der Waals surface area contributed by atoms with Crippen LogP contribution in [0.25, 0.3) is 5.76 Å². The number of ketones is 2. The number of nitrogens with two attached hydrogens (primary N) is 1. The maximum absolute atomic E-state index is 14.5. The Balaban J connectivity index is 1.81. The fraction of sp³-hybridized carbons (Fsp3) is 0.581. The number of carbonyl (C=O) groups excluding carboxylic acids is 3. The van der Waals surface area contributed by atoms with Gasteiger partial charge in [0.15, 0.2) is 11.4 Å². The van der Waals surface area contributed by atoms with Gasteiger partial charge >= 0.3 is 0 Å². The third-order valence-corrected chi connectivity index (χ3v) is 10.2. The lowest BCUT2D eigenvalue weighted by Crippen LogP contribution is -2.72. The van der Waals surface area contributed by atoms with E-state index in [1.807, 2.05) is 25.1 Å². The van der Waals surface area contributed by atoms with Gasteiger partial charge in [0.25, 0.3) is 5.91 Å². The molecule has 10 nitrogen and oxygen atoms in total. The smallest absolute Gasteiger partial charge is 0.255 e. The molecule has 0 radical (unpaired) electrons. The summed E-state index contributed by atoms with van der Waals surface area (Å²) in [5, 5.41) is 46.9. The molecule has 5 rings (SSSR count). The minimum Gasteiger partial charge on any atom is -0.508 e. The van der Waals surface area contributed by atoms with E-state index >= 15 is 0 Å². The van der Waals surface area contributed by atoms with E-state index in [0.717, 1.165) is 37.8 Å².